The molecule has 1 atom stereocenters. The van der Waals surface area contributed by atoms with Crippen LogP contribution in [-0.2, 0) is 16.1 Å². The Morgan fingerprint density at radius 1 is 1.39 bits per heavy atom. The van der Waals surface area contributed by atoms with Crippen molar-refractivity contribution >= 4 is 17.8 Å². The van der Waals surface area contributed by atoms with E-state index >= 15 is 0 Å². The molecule has 0 aliphatic carbocycles. The standard InChI is InChI=1S/C15H22N4O4/c1-10(13(20)18-15(16)22)19-6-4-11(5-7-19)14(21)17-9-12-3-2-8-23-12/h2-3,8,10-11H,4-7,9H2,1H3,(H,17,21)(H3,16,18,20,22)/t10-/m0/s1. The lowest BCUT2D eigenvalue weighted by molar-refractivity contribution is -0.128. The molecular formula is C15H22N4O4. The lowest BCUT2D eigenvalue weighted by Gasteiger charge is -2.34. The Kier molecular flexibility index (Phi) is 5.75. The number of amides is 4. The van der Waals surface area contributed by atoms with E-state index in [1.807, 2.05) is 11.0 Å². The zero-order valence-electron chi connectivity index (χ0n) is 13.1. The maximum absolute atomic E-state index is 12.1. The molecule has 1 fully saturated rings. The fraction of sp³-hybridized carbons (Fsp3) is 0.533. The average molecular weight is 322 g/mol. The summed E-state index contributed by atoms with van der Waals surface area (Å²) in [6, 6.07) is 2.28. The van der Waals surface area contributed by atoms with E-state index in [4.69, 9.17) is 10.2 Å². The molecule has 4 N–H and O–H groups in total. The van der Waals surface area contributed by atoms with Gasteiger partial charge in [-0.15, -0.1) is 0 Å². The summed E-state index contributed by atoms with van der Waals surface area (Å²) in [6.45, 7) is 3.33. The fourth-order valence-electron chi connectivity index (χ4n) is 2.67. The molecule has 0 unspecified atom stereocenters. The Morgan fingerprint density at radius 3 is 2.65 bits per heavy atom. The average Bonchev–Trinajstić information content (AvgIpc) is 3.04. The Bertz CT molecular complexity index is 550. The van der Waals surface area contributed by atoms with Gasteiger partial charge in [0.2, 0.25) is 11.8 Å². The van der Waals surface area contributed by atoms with Crippen molar-refractivity contribution in [3.8, 4) is 0 Å². The number of hydrogen-bond donors (Lipinski definition) is 3. The normalized spacial score (nSPS) is 17.4. The number of carbonyl (C=O) groups excluding carboxylic acids is 3. The minimum Gasteiger partial charge on any atom is -0.467 e. The van der Waals surface area contributed by atoms with Gasteiger partial charge in [0.15, 0.2) is 0 Å². The Hall–Kier alpha value is -2.35. The molecule has 126 valence electrons. The first-order valence-electron chi connectivity index (χ1n) is 7.62. The third kappa shape index (κ3) is 4.82. The molecule has 0 spiro atoms. The van der Waals surface area contributed by atoms with Crippen molar-refractivity contribution in [1.82, 2.24) is 15.5 Å². The molecule has 0 saturated carbocycles. The number of nitrogens with one attached hydrogen (secondary N) is 2. The SMILES string of the molecule is C[C@@H](C(=O)NC(N)=O)N1CCC(C(=O)NCc2ccco2)CC1. The smallest absolute Gasteiger partial charge is 0.318 e. The summed E-state index contributed by atoms with van der Waals surface area (Å²) in [6.07, 6.45) is 2.90. The van der Waals surface area contributed by atoms with Gasteiger partial charge in [-0.2, -0.15) is 0 Å². The van der Waals surface area contributed by atoms with Crippen LogP contribution in [0.4, 0.5) is 4.79 Å². The first-order valence-corrected chi connectivity index (χ1v) is 7.62. The number of furan rings is 1. The molecule has 1 aromatic rings. The van der Waals surface area contributed by atoms with Crippen LogP contribution in [-0.4, -0.2) is 41.9 Å². The van der Waals surface area contributed by atoms with Gasteiger partial charge in [-0.25, -0.2) is 4.79 Å². The molecule has 0 bridgehead atoms. The number of likely N-dealkylation sites (tertiary alicyclic amines) is 1. The van der Waals surface area contributed by atoms with E-state index in [0.717, 1.165) is 0 Å². The second-order valence-corrected chi connectivity index (χ2v) is 5.64. The zero-order chi connectivity index (χ0) is 16.8. The summed E-state index contributed by atoms with van der Waals surface area (Å²) in [5, 5.41) is 4.93. The van der Waals surface area contributed by atoms with Crippen LogP contribution in [0.2, 0.25) is 0 Å². The summed E-state index contributed by atoms with van der Waals surface area (Å²) in [4.78, 5) is 36.6. The van der Waals surface area contributed by atoms with E-state index in [-0.39, 0.29) is 11.8 Å². The molecule has 8 heteroatoms. The van der Waals surface area contributed by atoms with E-state index in [1.165, 1.54) is 0 Å². The molecule has 1 aliphatic heterocycles. The number of primary amides is 1. The molecule has 1 saturated heterocycles. The second kappa shape index (κ2) is 7.77. The van der Waals surface area contributed by atoms with Gasteiger partial charge in [-0.3, -0.25) is 19.8 Å². The monoisotopic (exact) mass is 322 g/mol. The van der Waals surface area contributed by atoms with Crippen molar-refractivity contribution in [2.24, 2.45) is 11.7 Å². The minimum absolute atomic E-state index is 0.00436. The summed E-state index contributed by atoms with van der Waals surface area (Å²) < 4.78 is 5.17. The van der Waals surface area contributed by atoms with Gasteiger partial charge in [0.05, 0.1) is 18.8 Å². The lowest BCUT2D eigenvalue weighted by atomic mass is 9.95. The fourth-order valence-corrected chi connectivity index (χ4v) is 2.67. The first kappa shape index (κ1) is 17.0. The number of carbonyl (C=O) groups is 3. The molecule has 1 aromatic heterocycles. The highest BCUT2D eigenvalue weighted by atomic mass is 16.3. The molecular weight excluding hydrogens is 300 g/mol. The lowest BCUT2D eigenvalue weighted by Crippen LogP contribution is -2.51. The quantitative estimate of drug-likeness (QED) is 0.715. The molecule has 1 aliphatic rings. The molecule has 0 aromatic carbocycles. The largest absolute Gasteiger partial charge is 0.467 e. The highest BCUT2D eigenvalue weighted by Crippen LogP contribution is 2.19. The highest BCUT2D eigenvalue weighted by molar-refractivity contribution is 5.96. The van der Waals surface area contributed by atoms with Crippen LogP contribution in [0.25, 0.3) is 0 Å². The van der Waals surface area contributed by atoms with E-state index in [2.05, 4.69) is 10.6 Å². The molecule has 8 nitrogen and oxygen atoms in total. The van der Waals surface area contributed by atoms with E-state index < -0.39 is 18.0 Å². The molecule has 23 heavy (non-hydrogen) atoms. The van der Waals surface area contributed by atoms with E-state index in [9.17, 15) is 14.4 Å². The third-order valence-electron chi connectivity index (χ3n) is 4.09. The second-order valence-electron chi connectivity index (χ2n) is 5.64. The maximum atomic E-state index is 12.1. The van der Waals surface area contributed by atoms with Crippen molar-refractivity contribution in [2.45, 2.75) is 32.4 Å². The minimum atomic E-state index is -0.853. The number of rotatable bonds is 5. The topological polar surface area (TPSA) is 118 Å². The number of piperidine rings is 1. The van der Waals surface area contributed by atoms with Gasteiger partial charge in [0, 0.05) is 5.92 Å². The molecule has 2 heterocycles. The summed E-state index contributed by atoms with van der Waals surface area (Å²) in [7, 11) is 0. The number of nitrogens with zero attached hydrogens (tertiary/aromatic N) is 1. The molecule has 0 radical (unpaired) electrons. The van der Waals surface area contributed by atoms with Crippen LogP contribution in [0.1, 0.15) is 25.5 Å². The van der Waals surface area contributed by atoms with Crippen LogP contribution in [0.15, 0.2) is 22.8 Å². The van der Waals surface area contributed by atoms with Crippen LogP contribution in [0.5, 0.6) is 0 Å². The van der Waals surface area contributed by atoms with Gasteiger partial charge in [0.1, 0.15) is 5.76 Å². The van der Waals surface area contributed by atoms with Crippen molar-refractivity contribution in [3.63, 3.8) is 0 Å². The van der Waals surface area contributed by atoms with E-state index in [0.29, 0.717) is 38.2 Å². The van der Waals surface area contributed by atoms with Crippen molar-refractivity contribution in [2.75, 3.05) is 13.1 Å². The molecule has 4 amide bonds. The van der Waals surface area contributed by atoms with Gasteiger partial charge in [-0.05, 0) is 45.0 Å². The summed E-state index contributed by atoms with van der Waals surface area (Å²) in [5.74, 6) is 0.216. The van der Waals surface area contributed by atoms with Crippen LogP contribution in [0, 0.1) is 5.92 Å². The summed E-state index contributed by atoms with van der Waals surface area (Å²) >= 11 is 0. The number of urea groups is 1. The van der Waals surface area contributed by atoms with E-state index in [1.54, 1.807) is 19.3 Å². The predicted octanol–water partition coefficient (Wildman–Crippen LogP) is 0.191. The Balaban J connectivity index is 1.75. The number of hydrogen-bond acceptors (Lipinski definition) is 5. The van der Waals surface area contributed by atoms with Gasteiger partial charge >= 0.3 is 6.03 Å². The maximum Gasteiger partial charge on any atom is 0.318 e. The van der Waals surface area contributed by atoms with Crippen LogP contribution >= 0.6 is 0 Å². The summed E-state index contributed by atoms with van der Waals surface area (Å²) in [5.41, 5.74) is 4.95. The number of imide groups is 1. The van der Waals surface area contributed by atoms with Crippen LogP contribution < -0.4 is 16.4 Å². The van der Waals surface area contributed by atoms with Crippen LogP contribution in [0.3, 0.4) is 0 Å². The van der Waals surface area contributed by atoms with Gasteiger partial charge < -0.3 is 15.5 Å². The highest BCUT2D eigenvalue weighted by Gasteiger charge is 2.30. The predicted molar refractivity (Wildman–Crippen MR) is 82.0 cm³/mol. The van der Waals surface area contributed by atoms with Gasteiger partial charge in [0.25, 0.3) is 0 Å². The first-order chi connectivity index (χ1) is 11.0. The number of nitrogens with two attached hydrogens (primary N) is 1. The van der Waals surface area contributed by atoms with Crippen molar-refractivity contribution in [1.29, 1.82) is 0 Å². The van der Waals surface area contributed by atoms with Crippen molar-refractivity contribution < 1.29 is 18.8 Å². The zero-order valence-corrected chi connectivity index (χ0v) is 13.1. The Labute approximate surface area is 134 Å². The Morgan fingerprint density at radius 2 is 2.09 bits per heavy atom. The third-order valence-corrected chi connectivity index (χ3v) is 4.09. The van der Waals surface area contributed by atoms with Crippen molar-refractivity contribution in [3.05, 3.63) is 24.2 Å². The van der Waals surface area contributed by atoms with Gasteiger partial charge in [-0.1, -0.05) is 0 Å². The molecule has 2 rings (SSSR count).